The zero-order chi connectivity index (χ0) is 10.5. The first-order valence-electron chi connectivity index (χ1n) is 5.94. The molecule has 0 aromatic rings. The first-order chi connectivity index (χ1) is 7.40. The Morgan fingerprint density at radius 3 is 3.33 bits per heavy atom. The summed E-state index contributed by atoms with van der Waals surface area (Å²) in [6.07, 6.45) is 1.68. The molecule has 88 valence electrons. The van der Waals surface area contributed by atoms with E-state index in [1.54, 1.807) is 7.11 Å². The lowest BCUT2D eigenvalue weighted by molar-refractivity contribution is 0.0179. The van der Waals surface area contributed by atoms with Crippen LogP contribution in [-0.4, -0.2) is 64.1 Å². The Bertz CT molecular complexity index is 189. The second kappa shape index (κ2) is 5.80. The number of rotatable bonds is 3. The molecular formula is C11H22N2O2. The lowest BCUT2D eigenvalue weighted by Crippen LogP contribution is -2.44. The smallest absolute Gasteiger partial charge is 0.0740 e. The molecule has 0 bridgehead atoms. The first kappa shape index (κ1) is 11.3. The van der Waals surface area contributed by atoms with Gasteiger partial charge in [0.1, 0.15) is 0 Å². The highest BCUT2D eigenvalue weighted by atomic mass is 16.5. The average molecular weight is 214 g/mol. The molecule has 4 heteroatoms. The van der Waals surface area contributed by atoms with Gasteiger partial charge in [-0.15, -0.1) is 0 Å². The molecule has 0 radical (unpaired) electrons. The molecule has 0 aromatic heterocycles. The maximum Gasteiger partial charge on any atom is 0.0740 e. The predicted octanol–water partition coefficient (Wildman–Crippen LogP) is -0.0569. The molecule has 1 N–H and O–H groups in total. The van der Waals surface area contributed by atoms with Crippen molar-refractivity contribution in [2.24, 2.45) is 5.92 Å². The van der Waals surface area contributed by atoms with E-state index >= 15 is 0 Å². The van der Waals surface area contributed by atoms with Crippen molar-refractivity contribution in [2.45, 2.75) is 12.5 Å². The molecule has 4 nitrogen and oxygen atoms in total. The van der Waals surface area contributed by atoms with E-state index < -0.39 is 0 Å². The highest BCUT2D eigenvalue weighted by molar-refractivity contribution is 4.83. The summed E-state index contributed by atoms with van der Waals surface area (Å²) in [7, 11) is 1.77. The summed E-state index contributed by atoms with van der Waals surface area (Å²) in [6, 6.07) is 0. The van der Waals surface area contributed by atoms with Crippen molar-refractivity contribution >= 4 is 0 Å². The van der Waals surface area contributed by atoms with E-state index in [1.807, 2.05) is 0 Å². The fourth-order valence-corrected chi connectivity index (χ4v) is 2.47. The van der Waals surface area contributed by atoms with Gasteiger partial charge in [0.25, 0.3) is 0 Å². The van der Waals surface area contributed by atoms with Crippen LogP contribution in [-0.2, 0) is 9.47 Å². The zero-order valence-corrected chi connectivity index (χ0v) is 9.58. The van der Waals surface area contributed by atoms with Crippen molar-refractivity contribution in [3.05, 3.63) is 0 Å². The Morgan fingerprint density at radius 2 is 2.47 bits per heavy atom. The van der Waals surface area contributed by atoms with Crippen molar-refractivity contribution in [1.82, 2.24) is 10.2 Å². The number of methoxy groups -OCH3 is 1. The van der Waals surface area contributed by atoms with Crippen molar-refractivity contribution in [3.63, 3.8) is 0 Å². The Morgan fingerprint density at radius 1 is 1.53 bits per heavy atom. The summed E-state index contributed by atoms with van der Waals surface area (Å²) in [6.45, 7) is 7.14. The van der Waals surface area contributed by atoms with Crippen molar-refractivity contribution < 1.29 is 9.47 Å². The van der Waals surface area contributed by atoms with Gasteiger partial charge in [0.2, 0.25) is 0 Å². The molecule has 2 aliphatic rings. The normalized spacial score (nSPS) is 33.4. The SMILES string of the molecule is COCCN1CCO[C@@H]2CNCC[C@@H]2C1. The third kappa shape index (κ3) is 3.14. The second-order valence-corrected chi connectivity index (χ2v) is 4.46. The van der Waals surface area contributed by atoms with Crippen molar-refractivity contribution in [2.75, 3.05) is 53.0 Å². The molecule has 0 spiro atoms. The minimum Gasteiger partial charge on any atom is -0.383 e. The minimum absolute atomic E-state index is 0.436. The Balaban J connectivity index is 1.84. The fourth-order valence-electron chi connectivity index (χ4n) is 2.47. The summed E-state index contributed by atoms with van der Waals surface area (Å²) in [4.78, 5) is 2.47. The van der Waals surface area contributed by atoms with E-state index in [0.717, 1.165) is 39.4 Å². The van der Waals surface area contributed by atoms with Crippen LogP contribution in [0.25, 0.3) is 0 Å². The van der Waals surface area contributed by atoms with E-state index in [9.17, 15) is 0 Å². The number of fused-ring (bicyclic) bond motifs is 1. The monoisotopic (exact) mass is 214 g/mol. The van der Waals surface area contributed by atoms with Gasteiger partial charge in [0.05, 0.1) is 19.3 Å². The van der Waals surface area contributed by atoms with Gasteiger partial charge in [-0.05, 0) is 13.0 Å². The van der Waals surface area contributed by atoms with Crippen LogP contribution in [0.4, 0.5) is 0 Å². The molecule has 2 rings (SSSR count). The van der Waals surface area contributed by atoms with Gasteiger partial charge in [-0.1, -0.05) is 0 Å². The number of hydrogen-bond donors (Lipinski definition) is 1. The van der Waals surface area contributed by atoms with Gasteiger partial charge in [0, 0.05) is 39.2 Å². The molecule has 0 amide bonds. The third-order valence-corrected chi connectivity index (χ3v) is 3.41. The van der Waals surface area contributed by atoms with Gasteiger partial charge in [-0.2, -0.15) is 0 Å². The third-order valence-electron chi connectivity index (χ3n) is 3.41. The van der Waals surface area contributed by atoms with Gasteiger partial charge in [-0.3, -0.25) is 4.90 Å². The molecule has 2 fully saturated rings. The molecule has 0 unspecified atom stereocenters. The van der Waals surface area contributed by atoms with Crippen LogP contribution in [0, 0.1) is 5.92 Å². The lowest BCUT2D eigenvalue weighted by Gasteiger charge is -2.31. The number of piperidine rings is 1. The van der Waals surface area contributed by atoms with E-state index in [4.69, 9.17) is 9.47 Å². The summed E-state index contributed by atoms with van der Waals surface area (Å²) >= 11 is 0. The minimum atomic E-state index is 0.436. The first-order valence-corrected chi connectivity index (χ1v) is 5.94. The number of hydrogen-bond acceptors (Lipinski definition) is 4. The number of nitrogens with one attached hydrogen (secondary N) is 1. The zero-order valence-electron chi connectivity index (χ0n) is 9.58. The topological polar surface area (TPSA) is 33.7 Å². The van der Waals surface area contributed by atoms with E-state index in [1.165, 1.54) is 13.0 Å². The maximum absolute atomic E-state index is 5.87. The predicted molar refractivity (Wildman–Crippen MR) is 59.0 cm³/mol. The molecule has 0 aromatic carbocycles. The number of ether oxygens (including phenoxy) is 2. The molecule has 2 aliphatic heterocycles. The Kier molecular flexibility index (Phi) is 4.38. The van der Waals surface area contributed by atoms with Crippen LogP contribution in [0.1, 0.15) is 6.42 Å². The average Bonchev–Trinajstić information content (AvgIpc) is 2.47. The van der Waals surface area contributed by atoms with Gasteiger partial charge < -0.3 is 14.8 Å². The summed E-state index contributed by atoms with van der Waals surface area (Å²) in [5, 5.41) is 3.40. The maximum atomic E-state index is 5.87. The second-order valence-electron chi connectivity index (χ2n) is 4.46. The standard InChI is InChI=1S/C11H22N2O2/c1-14-6-4-13-5-7-15-11-8-12-3-2-10(11)9-13/h10-12H,2-9H2,1H3/t10-,11-/m1/s1. The van der Waals surface area contributed by atoms with Gasteiger partial charge >= 0.3 is 0 Å². The summed E-state index contributed by atoms with van der Waals surface area (Å²) < 4.78 is 11.0. The van der Waals surface area contributed by atoms with Crippen molar-refractivity contribution in [3.8, 4) is 0 Å². The highest BCUT2D eigenvalue weighted by Crippen LogP contribution is 2.19. The fraction of sp³-hybridized carbons (Fsp3) is 1.00. The van der Waals surface area contributed by atoms with Gasteiger partial charge in [-0.25, -0.2) is 0 Å². The molecule has 0 aliphatic carbocycles. The van der Waals surface area contributed by atoms with Crippen LogP contribution < -0.4 is 5.32 Å². The van der Waals surface area contributed by atoms with Crippen LogP contribution >= 0.6 is 0 Å². The van der Waals surface area contributed by atoms with Crippen LogP contribution in [0.5, 0.6) is 0 Å². The largest absolute Gasteiger partial charge is 0.383 e. The van der Waals surface area contributed by atoms with Crippen molar-refractivity contribution in [1.29, 1.82) is 0 Å². The molecule has 2 saturated heterocycles. The Labute approximate surface area is 91.9 Å². The quantitative estimate of drug-likeness (QED) is 0.714. The van der Waals surface area contributed by atoms with E-state index in [-0.39, 0.29) is 0 Å². The molecule has 2 atom stereocenters. The van der Waals surface area contributed by atoms with Crippen LogP contribution in [0.2, 0.25) is 0 Å². The summed E-state index contributed by atoms with van der Waals surface area (Å²) in [5.41, 5.74) is 0. The number of nitrogens with zero attached hydrogens (tertiary/aromatic N) is 1. The van der Waals surface area contributed by atoms with Crippen LogP contribution in [0.3, 0.4) is 0 Å². The molecule has 0 saturated carbocycles. The highest BCUT2D eigenvalue weighted by Gasteiger charge is 2.29. The van der Waals surface area contributed by atoms with Crippen LogP contribution in [0.15, 0.2) is 0 Å². The Hall–Kier alpha value is -0.160. The van der Waals surface area contributed by atoms with Gasteiger partial charge in [0.15, 0.2) is 0 Å². The molecule has 15 heavy (non-hydrogen) atoms. The molecule has 2 heterocycles. The summed E-state index contributed by atoms with van der Waals surface area (Å²) in [5.74, 6) is 0.714. The van der Waals surface area contributed by atoms with E-state index in [2.05, 4.69) is 10.2 Å². The molecular weight excluding hydrogens is 192 g/mol. The van der Waals surface area contributed by atoms with E-state index in [0.29, 0.717) is 12.0 Å². The lowest BCUT2D eigenvalue weighted by atomic mass is 9.94.